The maximum atomic E-state index is 13.3. The zero-order chi connectivity index (χ0) is 11.4. The monoisotopic (exact) mass is 210 g/mol. The van der Waals surface area contributed by atoms with Crippen molar-refractivity contribution in [1.29, 1.82) is 0 Å². The molecule has 0 bridgehead atoms. The second-order valence-electron chi connectivity index (χ2n) is 3.11. The predicted molar refractivity (Wildman–Crippen MR) is 52.2 cm³/mol. The summed E-state index contributed by atoms with van der Waals surface area (Å²) in [4.78, 5) is 21.6. The van der Waals surface area contributed by atoms with Crippen molar-refractivity contribution < 1.29 is 18.7 Å². The highest BCUT2D eigenvalue weighted by Gasteiger charge is 2.13. The van der Waals surface area contributed by atoms with Gasteiger partial charge in [0.25, 0.3) is 0 Å². The third-order valence-electron chi connectivity index (χ3n) is 2.26. The van der Waals surface area contributed by atoms with Crippen molar-refractivity contribution in [2.24, 2.45) is 0 Å². The van der Waals surface area contributed by atoms with E-state index in [1.807, 2.05) is 0 Å². The quantitative estimate of drug-likeness (QED) is 0.563. The SMILES string of the molecule is COC(=O)Cc1c(F)ccc(C=O)c1C. The molecule has 0 heterocycles. The van der Waals surface area contributed by atoms with Crippen LogP contribution in [0.3, 0.4) is 0 Å². The standard InChI is InChI=1S/C11H11FO3/c1-7-8(6-13)3-4-10(12)9(7)5-11(14)15-2/h3-4,6H,5H2,1-2H3. The van der Waals surface area contributed by atoms with Crippen molar-refractivity contribution in [3.05, 3.63) is 34.6 Å². The van der Waals surface area contributed by atoms with Crippen molar-refractivity contribution in [1.82, 2.24) is 0 Å². The lowest BCUT2D eigenvalue weighted by Crippen LogP contribution is -2.09. The summed E-state index contributed by atoms with van der Waals surface area (Å²) in [6.07, 6.45) is 0.478. The molecule has 0 amide bonds. The van der Waals surface area contributed by atoms with E-state index in [1.165, 1.54) is 19.2 Å². The van der Waals surface area contributed by atoms with Crippen LogP contribution in [-0.4, -0.2) is 19.4 Å². The van der Waals surface area contributed by atoms with E-state index in [4.69, 9.17) is 0 Å². The topological polar surface area (TPSA) is 43.4 Å². The molecule has 0 aliphatic rings. The summed E-state index contributed by atoms with van der Waals surface area (Å²) in [6.45, 7) is 1.60. The number of ether oxygens (including phenoxy) is 1. The average Bonchev–Trinajstić information content (AvgIpc) is 2.24. The zero-order valence-electron chi connectivity index (χ0n) is 8.54. The highest BCUT2D eigenvalue weighted by Crippen LogP contribution is 2.17. The largest absolute Gasteiger partial charge is 0.469 e. The van der Waals surface area contributed by atoms with Crippen LogP contribution in [0.15, 0.2) is 12.1 Å². The first-order valence-corrected chi connectivity index (χ1v) is 4.40. The lowest BCUT2D eigenvalue weighted by molar-refractivity contribution is -0.139. The first kappa shape index (κ1) is 11.4. The number of halogens is 1. The van der Waals surface area contributed by atoms with Gasteiger partial charge in [0.15, 0.2) is 0 Å². The molecule has 0 saturated heterocycles. The number of carbonyl (C=O) groups excluding carboxylic acids is 2. The molecule has 0 fully saturated rings. The van der Waals surface area contributed by atoms with Crippen LogP contribution in [0.2, 0.25) is 0 Å². The maximum Gasteiger partial charge on any atom is 0.310 e. The van der Waals surface area contributed by atoms with E-state index in [9.17, 15) is 14.0 Å². The van der Waals surface area contributed by atoms with Gasteiger partial charge in [-0.15, -0.1) is 0 Å². The van der Waals surface area contributed by atoms with E-state index < -0.39 is 11.8 Å². The lowest BCUT2D eigenvalue weighted by atomic mass is 10.0. The molecule has 0 aromatic heterocycles. The van der Waals surface area contributed by atoms with E-state index in [2.05, 4.69) is 4.74 Å². The molecule has 3 nitrogen and oxygen atoms in total. The Morgan fingerprint density at radius 1 is 1.53 bits per heavy atom. The Hall–Kier alpha value is -1.71. The molecule has 0 unspecified atom stereocenters. The molecule has 1 aromatic rings. The molecule has 0 N–H and O–H groups in total. The number of methoxy groups -OCH3 is 1. The Bertz CT molecular complexity index is 399. The summed E-state index contributed by atoms with van der Waals surface area (Å²) in [6, 6.07) is 2.56. The second-order valence-corrected chi connectivity index (χ2v) is 3.11. The van der Waals surface area contributed by atoms with Gasteiger partial charge in [-0.2, -0.15) is 0 Å². The number of hydrogen-bond acceptors (Lipinski definition) is 3. The minimum Gasteiger partial charge on any atom is -0.469 e. The minimum absolute atomic E-state index is 0.157. The van der Waals surface area contributed by atoms with Crippen LogP contribution >= 0.6 is 0 Å². The molecule has 0 aliphatic heterocycles. The minimum atomic E-state index is -0.528. The Kier molecular flexibility index (Phi) is 3.55. The number of benzene rings is 1. The average molecular weight is 210 g/mol. The van der Waals surface area contributed by atoms with Gasteiger partial charge in [0, 0.05) is 11.1 Å². The lowest BCUT2D eigenvalue weighted by Gasteiger charge is -2.07. The summed E-state index contributed by atoms with van der Waals surface area (Å²) >= 11 is 0. The van der Waals surface area contributed by atoms with Crippen molar-refractivity contribution >= 4 is 12.3 Å². The molecule has 15 heavy (non-hydrogen) atoms. The molecule has 4 heteroatoms. The van der Waals surface area contributed by atoms with Gasteiger partial charge in [-0.3, -0.25) is 9.59 Å². The smallest absolute Gasteiger partial charge is 0.310 e. The molecule has 0 saturated carbocycles. The van der Waals surface area contributed by atoms with E-state index in [0.717, 1.165) is 0 Å². The summed E-state index contributed by atoms with van der Waals surface area (Å²) in [5, 5.41) is 0. The van der Waals surface area contributed by atoms with Crippen molar-refractivity contribution in [2.75, 3.05) is 7.11 Å². The van der Waals surface area contributed by atoms with Gasteiger partial charge in [0.2, 0.25) is 0 Å². The number of esters is 1. The molecule has 80 valence electrons. The number of carbonyl (C=O) groups is 2. The van der Waals surface area contributed by atoms with Crippen LogP contribution in [0.1, 0.15) is 21.5 Å². The third-order valence-corrected chi connectivity index (χ3v) is 2.26. The Labute approximate surface area is 86.9 Å². The number of hydrogen-bond donors (Lipinski definition) is 0. The van der Waals surface area contributed by atoms with Gasteiger partial charge in [-0.05, 0) is 24.6 Å². The number of rotatable bonds is 3. The highest BCUT2D eigenvalue weighted by atomic mass is 19.1. The fourth-order valence-corrected chi connectivity index (χ4v) is 1.30. The van der Waals surface area contributed by atoms with Crippen LogP contribution in [0.4, 0.5) is 4.39 Å². The highest BCUT2D eigenvalue weighted by molar-refractivity contribution is 5.80. The Morgan fingerprint density at radius 2 is 2.20 bits per heavy atom. The molecular formula is C11H11FO3. The normalized spacial score (nSPS) is 9.80. The molecule has 0 spiro atoms. The van der Waals surface area contributed by atoms with E-state index in [0.29, 0.717) is 17.4 Å². The van der Waals surface area contributed by atoms with E-state index >= 15 is 0 Å². The van der Waals surface area contributed by atoms with Crippen LogP contribution < -0.4 is 0 Å². The summed E-state index contributed by atoms with van der Waals surface area (Å²) < 4.78 is 17.8. The summed E-state index contributed by atoms with van der Waals surface area (Å²) in [7, 11) is 1.24. The van der Waals surface area contributed by atoms with Gasteiger partial charge < -0.3 is 4.74 Å². The van der Waals surface area contributed by atoms with Crippen LogP contribution in [-0.2, 0) is 16.0 Å². The van der Waals surface area contributed by atoms with Crippen molar-refractivity contribution in [2.45, 2.75) is 13.3 Å². The van der Waals surface area contributed by atoms with Gasteiger partial charge in [-0.1, -0.05) is 0 Å². The maximum absolute atomic E-state index is 13.3. The first-order valence-electron chi connectivity index (χ1n) is 4.40. The van der Waals surface area contributed by atoms with Crippen molar-refractivity contribution in [3.63, 3.8) is 0 Å². The summed E-state index contributed by atoms with van der Waals surface area (Å²) in [5.41, 5.74) is 1.08. The van der Waals surface area contributed by atoms with Crippen LogP contribution in [0, 0.1) is 12.7 Å². The van der Waals surface area contributed by atoms with E-state index in [1.54, 1.807) is 6.92 Å². The molecule has 1 rings (SSSR count). The van der Waals surface area contributed by atoms with Gasteiger partial charge in [0.1, 0.15) is 12.1 Å². The predicted octanol–water partition coefficient (Wildman–Crippen LogP) is 1.66. The van der Waals surface area contributed by atoms with Gasteiger partial charge in [0.05, 0.1) is 13.5 Å². The Morgan fingerprint density at radius 3 is 2.73 bits per heavy atom. The van der Waals surface area contributed by atoms with Gasteiger partial charge in [-0.25, -0.2) is 4.39 Å². The molecule has 0 aliphatic carbocycles. The molecular weight excluding hydrogens is 199 g/mol. The van der Waals surface area contributed by atoms with Crippen LogP contribution in [0.25, 0.3) is 0 Å². The Balaban J connectivity index is 3.15. The molecule has 0 radical (unpaired) electrons. The van der Waals surface area contributed by atoms with Crippen molar-refractivity contribution in [3.8, 4) is 0 Å². The number of aldehydes is 1. The first-order chi connectivity index (χ1) is 7.10. The fraction of sp³-hybridized carbons (Fsp3) is 0.273. The fourth-order valence-electron chi connectivity index (χ4n) is 1.30. The summed E-state index contributed by atoms with van der Waals surface area (Å²) in [5.74, 6) is -1.02. The van der Waals surface area contributed by atoms with E-state index in [-0.39, 0.29) is 12.0 Å². The van der Waals surface area contributed by atoms with Gasteiger partial charge >= 0.3 is 5.97 Å². The molecule has 1 aromatic carbocycles. The third kappa shape index (κ3) is 2.40. The second kappa shape index (κ2) is 4.68. The zero-order valence-corrected chi connectivity index (χ0v) is 8.54. The van der Waals surface area contributed by atoms with Crippen LogP contribution in [0.5, 0.6) is 0 Å². The molecule has 0 atom stereocenters.